The Balaban J connectivity index is 2.74. The monoisotopic (exact) mass is 308 g/mol. The van der Waals surface area contributed by atoms with Crippen molar-refractivity contribution in [1.29, 1.82) is 0 Å². The van der Waals surface area contributed by atoms with E-state index in [0.29, 0.717) is 0 Å². The van der Waals surface area contributed by atoms with E-state index in [-0.39, 0.29) is 12.8 Å². The molecule has 1 heterocycles. The summed E-state index contributed by atoms with van der Waals surface area (Å²) >= 11 is 0. The molecule has 2 atom stereocenters. The van der Waals surface area contributed by atoms with E-state index in [1.165, 1.54) is 0 Å². The molecular weight excluding hydrogens is 294 g/mol. The summed E-state index contributed by atoms with van der Waals surface area (Å²) in [7, 11) is 0. The Morgan fingerprint density at radius 3 is 2.29 bits per heavy atom. The zero-order valence-electron chi connectivity index (χ0n) is 11.0. The van der Waals surface area contributed by atoms with Crippen LogP contribution in [-0.2, 0) is 28.7 Å². The van der Waals surface area contributed by atoms with Crippen LogP contribution in [-0.4, -0.2) is 41.0 Å². The van der Waals surface area contributed by atoms with Gasteiger partial charge in [-0.1, -0.05) is 0 Å². The average molecular weight is 308 g/mol. The molecule has 0 bridgehead atoms. The molecule has 0 radical (unpaired) electrons. The van der Waals surface area contributed by atoms with Gasteiger partial charge in [-0.3, -0.25) is 9.59 Å². The molecule has 1 rings (SSSR count). The summed E-state index contributed by atoms with van der Waals surface area (Å²) < 4.78 is 35.1. The molecule has 7 nitrogen and oxygen atoms in total. The first kappa shape index (κ1) is 17.2. The van der Waals surface area contributed by atoms with E-state index in [0.717, 1.165) is 0 Å². The van der Waals surface area contributed by atoms with E-state index in [4.69, 9.17) is 0 Å². The number of halogens is 2. The predicted octanol–water partition coefficient (Wildman–Crippen LogP) is 0.476. The second-order valence-corrected chi connectivity index (χ2v) is 4.53. The van der Waals surface area contributed by atoms with Crippen molar-refractivity contribution in [2.45, 2.75) is 50.6 Å². The van der Waals surface area contributed by atoms with E-state index >= 15 is 0 Å². The molecule has 1 aliphatic heterocycles. The van der Waals surface area contributed by atoms with Gasteiger partial charge in [0.15, 0.2) is 6.17 Å². The van der Waals surface area contributed by atoms with Crippen molar-refractivity contribution in [2.24, 2.45) is 0 Å². The van der Waals surface area contributed by atoms with Crippen molar-refractivity contribution >= 4 is 23.9 Å². The Hall–Kier alpha value is -1.90. The van der Waals surface area contributed by atoms with Gasteiger partial charge in [0.25, 0.3) is 0 Å². The lowest BCUT2D eigenvalue weighted by Gasteiger charge is -2.16. The van der Waals surface area contributed by atoms with Crippen LogP contribution in [0.2, 0.25) is 0 Å². The molecule has 0 aromatic rings. The van der Waals surface area contributed by atoms with Crippen LogP contribution in [0.4, 0.5) is 8.78 Å². The highest BCUT2D eigenvalue weighted by molar-refractivity contribution is 5.90. The molecule has 0 aromatic heterocycles. The Bertz CT molecular complexity index is 447. The van der Waals surface area contributed by atoms with Crippen LogP contribution in [0.3, 0.4) is 0 Å². The van der Waals surface area contributed by atoms with Gasteiger partial charge in [-0.2, -0.15) is 4.39 Å². The Labute approximate surface area is 118 Å². The minimum absolute atomic E-state index is 0.179. The van der Waals surface area contributed by atoms with Gasteiger partial charge in [0, 0.05) is 19.3 Å². The predicted molar refractivity (Wildman–Crippen MR) is 60.9 cm³/mol. The maximum atomic E-state index is 13.5. The molecule has 21 heavy (non-hydrogen) atoms. The van der Waals surface area contributed by atoms with Crippen LogP contribution in [0.1, 0.15) is 38.5 Å². The zero-order valence-corrected chi connectivity index (χ0v) is 11.0. The van der Waals surface area contributed by atoms with Crippen LogP contribution >= 0.6 is 0 Å². The molecule has 0 aromatic carbocycles. The molecule has 1 fully saturated rings. The second-order valence-electron chi connectivity index (χ2n) is 4.53. The zero-order chi connectivity index (χ0) is 16.0. The largest absolute Gasteiger partial charge is 0.391 e. The second kappa shape index (κ2) is 7.21. The highest BCUT2D eigenvalue weighted by Gasteiger charge is 2.39. The number of carbonyl (C=O) groups is 4. The number of alkyl halides is 2. The lowest BCUT2D eigenvalue weighted by Crippen LogP contribution is -2.37. The third-order valence-corrected chi connectivity index (χ3v) is 2.72. The van der Waals surface area contributed by atoms with Gasteiger partial charge in [-0.15, -0.1) is 0 Å². The average Bonchev–Trinajstić information content (AvgIpc) is 2.36. The molecule has 9 heteroatoms. The lowest BCUT2D eigenvalue weighted by molar-refractivity contribution is -0.193. The highest BCUT2D eigenvalue weighted by Crippen LogP contribution is 2.20. The standard InChI is InChI=1S/C12H14F2O7/c13-7-3-1-4-9(16)21-11(18)12(14,19)6-2-5-8(15)20-10(7)17/h7,19H,1-6H2. The lowest BCUT2D eigenvalue weighted by atomic mass is 10.1. The summed E-state index contributed by atoms with van der Waals surface area (Å²) in [6.07, 6.45) is -4.84. The summed E-state index contributed by atoms with van der Waals surface area (Å²) in [5.41, 5.74) is 0. The van der Waals surface area contributed by atoms with Crippen molar-refractivity contribution < 1.29 is 42.5 Å². The fourth-order valence-corrected chi connectivity index (χ4v) is 1.57. The van der Waals surface area contributed by atoms with Crippen molar-refractivity contribution in [3.8, 4) is 0 Å². The quantitative estimate of drug-likeness (QED) is 0.512. The van der Waals surface area contributed by atoms with Crippen molar-refractivity contribution in [3.05, 3.63) is 0 Å². The summed E-state index contributed by atoms with van der Waals surface area (Å²) in [4.78, 5) is 44.7. The first-order valence-corrected chi connectivity index (χ1v) is 6.27. The number of aliphatic hydroxyl groups is 1. The Kier molecular flexibility index (Phi) is 5.89. The van der Waals surface area contributed by atoms with Crippen LogP contribution < -0.4 is 0 Å². The number of ether oxygens (including phenoxy) is 2. The SMILES string of the molecule is O=C1CCCC(O)(F)C(=O)OC(=O)CCCC(F)C(=O)O1. The van der Waals surface area contributed by atoms with Crippen LogP contribution in [0.5, 0.6) is 0 Å². The minimum Gasteiger partial charge on any atom is -0.391 e. The molecule has 118 valence electrons. The third-order valence-electron chi connectivity index (χ3n) is 2.72. The summed E-state index contributed by atoms with van der Waals surface area (Å²) in [5, 5.41) is 9.18. The fraction of sp³-hybridized carbons (Fsp3) is 0.667. The number of hydrogen-bond donors (Lipinski definition) is 1. The van der Waals surface area contributed by atoms with E-state index < -0.39 is 61.6 Å². The van der Waals surface area contributed by atoms with Gasteiger partial charge in [0.05, 0.1) is 0 Å². The van der Waals surface area contributed by atoms with E-state index in [9.17, 15) is 33.1 Å². The number of rotatable bonds is 0. The smallest absolute Gasteiger partial charge is 0.379 e. The number of esters is 4. The van der Waals surface area contributed by atoms with Gasteiger partial charge in [-0.25, -0.2) is 14.0 Å². The number of cyclic esters (lactones) is 4. The van der Waals surface area contributed by atoms with Gasteiger partial charge in [0.2, 0.25) is 0 Å². The van der Waals surface area contributed by atoms with Crippen LogP contribution in [0.15, 0.2) is 0 Å². The minimum atomic E-state index is -3.42. The summed E-state index contributed by atoms with van der Waals surface area (Å²) in [5.74, 6) is -8.85. The van der Waals surface area contributed by atoms with Crippen molar-refractivity contribution in [2.75, 3.05) is 0 Å². The molecular formula is C12H14F2O7. The Morgan fingerprint density at radius 2 is 1.62 bits per heavy atom. The molecule has 0 spiro atoms. The topological polar surface area (TPSA) is 107 Å². The highest BCUT2D eigenvalue weighted by atomic mass is 19.2. The number of carbonyl (C=O) groups excluding carboxylic acids is 4. The fourth-order valence-electron chi connectivity index (χ4n) is 1.57. The van der Waals surface area contributed by atoms with Gasteiger partial charge >= 0.3 is 29.7 Å². The first-order chi connectivity index (χ1) is 9.72. The molecule has 0 amide bonds. The molecule has 0 aliphatic carbocycles. The van der Waals surface area contributed by atoms with E-state index in [2.05, 4.69) is 9.47 Å². The van der Waals surface area contributed by atoms with Gasteiger partial charge in [-0.05, 0) is 19.3 Å². The van der Waals surface area contributed by atoms with Crippen LogP contribution in [0, 0.1) is 0 Å². The van der Waals surface area contributed by atoms with Gasteiger partial charge < -0.3 is 14.6 Å². The maximum absolute atomic E-state index is 13.5. The normalized spacial score (nSPS) is 30.3. The van der Waals surface area contributed by atoms with E-state index in [1.54, 1.807) is 0 Å². The third kappa shape index (κ3) is 5.54. The molecule has 1 N–H and O–H groups in total. The summed E-state index contributed by atoms with van der Waals surface area (Å²) in [6.45, 7) is 0. The van der Waals surface area contributed by atoms with Crippen molar-refractivity contribution in [3.63, 3.8) is 0 Å². The van der Waals surface area contributed by atoms with E-state index in [1.807, 2.05) is 0 Å². The first-order valence-electron chi connectivity index (χ1n) is 6.27. The molecule has 0 saturated carbocycles. The van der Waals surface area contributed by atoms with Gasteiger partial charge in [0.1, 0.15) is 0 Å². The molecule has 1 saturated heterocycles. The Morgan fingerprint density at radius 1 is 1.05 bits per heavy atom. The molecule has 2 unspecified atom stereocenters. The molecule has 1 aliphatic rings. The number of hydrogen-bond acceptors (Lipinski definition) is 7. The van der Waals surface area contributed by atoms with Crippen LogP contribution in [0.25, 0.3) is 0 Å². The maximum Gasteiger partial charge on any atom is 0.379 e. The summed E-state index contributed by atoms with van der Waals surface area (Å²) in [6, 6.07) is 0. The van der Waals surface area contributed by atoms with Crippen molar-refractivity contribution in [1.82, 2.24) is 0 Å².